The van der Waals surface area contributed by atoms with Crippen molar-refractivity contribution in [2.24, 2.45) is 5.92 Å². The molecular weight excluding hydrogens is 200 g/mol. The maximum Gasteiger partial charge on any atom is 0.0589 e. The zero-order chi connectivity index (χ0) is 11.4. The van der Waals surface area contributed by atoms with E-state index in [0.29, 0.717) is 0 Å². The summed E-state index contributed by atoms with van der Waals surface area (Å²) in [6.45, 7) is 6.76. The molecule has 1 heterocycles. The summed E-state index contributed by atoms with van der Waals surface area (Å²) >= 11 is 0. The van der Waals surface area contributed by atoms with Crippen LogP contribution in [-0.4, -0.2) is 50.3 Å². The van der Waals surface area contributed by atoms with Gasteiger partial charge in [-0.05, 0) is 45.1 Å². The van der Waals surface area contributed by atoms with Gasteiger partial charge in [-0.1, -0.05) is 0 Å². The van der Waals surface area contributed by atoms with Crippen LogP contribution in [-0.2, 0) is 4.74 Å². The van der Waals surface area contributed by atoms with Crippen molar-refractivity contribution in [2.45, 2.75) is 44.7 Å². The third kappa shape index (κ3) is 3.44. The molecule has 0 aromatic heterocycles. The Hall–Kier alpha value is -0.120. The van der Waals surface area contributed by atoms with Crippen molar-refractivity contribution in [3.8, 4) is 0 Å². The predicted molar refractivity (Wildman–Crippen MR) is 66.7 cm³/mol. The normalized spacial score (nSPS) is 27.6. The molecule has 3 heteroatoms. The molecule has 1 saturated carbocycles. The van der Waals surface area contributed by atoms with Crippen molar-refractivity contribution >= 4 is 0 Å². The highest BCUT2D eigenvalue weighted by Crippen LogP contribution is 2.35. The Morgan fingerprint density at radius 3 is 2.75 bits per heavy atom. The summed E-state index contributed by atoms with van der Waals surface area (Å²) in [5, 5.41) is 3.60. The van der Waals surface area contributed by atoms with Gasteiger partial charge in [-0.25, -0.2) is 0 Å². The second-order valence-electron chi connectivity index (χ2n) is 5.36. The molecule has 0 bridgehead atoms. The van der Waals surface area contributed by atoms with Crippen LogP contribution < -0.4 is 5.32 Å². The highest BCUT2D eigenvalue weighted by molar-refractivity contribution is 4.88. The Bertz CT molecular complexity index is 200. The number of hydrogen-bond donors (Lipinski definition) is 1. The van der Waals surface area contributed by atoms with Gasteiger partial charge in [0.2, 0.25) is 0 Å². The van der Waals surface area contributed by atoms with E-state index in [9.17, 15) is 0 Å². The summed E-state index contributed by atoms with van der Waals surface area (Å²) in [6.07, 6.45) is 5.56. The fourth-order valence-corrected chi connectivity index (χ4v) is 2.74. The van der Waals surface area contributed by atoms with Crippen LogP contribution in [0.5, 0.6) is 0 Å². The van der Waals surface area contributed by atoms with Gasteiger partial charge in [-0.2, -0.15) is 0 Å². The lowest BCUT2D eigenvalue weighted by Crippen LogP contribution is -2.44. The van der Waals surface area contributed by atoms with E-state index in [-0.39, 0.29) is 0 Å². The van der Waals surface area contributed by atoms with Crippen LogP contribution in [0.15, 0.2) is 0 Å². The van der Waals surface area contributed by atoms with Crippen LogP contribution in [0.1, 0.15) is 32.6 Å². The molecule has 1 saturated heterocycles. The van der Waals surface area contributed by atoms with E-state index in [1.54, 1.807) is 7.11 Å². The number of nitrogens with zero attached hydrogens (tertiary/aromatic N) is 1. The van der Waals surface area contributed by atoms with E-state index >= 15 is 0 Å². The summed E-state index contributed by atoms with van der Waals surface area (Å²) in [4.78, 5) is 2.63. The maximum atomic E-state index is 5.23. The van der Waals surface area contributed by atoms with Gasteiger partial charge in [-0.15, -0.1) is 0 Å². The first kappa shape index (κ1) is 12.3. The molecule has 0 spiro atoms. The second-order valence-corrected chi connectivity index (χ2v) is 5.36. The molecule has 0 radical (unpaired) electrons. The SMILES string of the molecule is COCCN(C[C@H]1CCCN1)C(C)C1CC1. The van der Waals surface area contributed by atoms with Gasteiger partial charge in [-0.3, -0.25) is 4.90 Å². The average Bonchev–Trinajstić information content (AvgIpc) is 3.02. The van der Waals surface area contributed by atoms with Crippen LogP contribution in [0.25, 0.3) is 0 Å². The fraction of sp³-hybridized carbons (Fsp3) is 1.00. The zero-order valence-electron chi connectivity index (χ0n) is 10.7. The van der Waals surface area contributed by atoms with Gasteiger partial charge in [0.1, 0.15) is 0 Å². The smallest absolute Gasteiger partial charge is 0.0589 e. The lowest BCUT2D eigenvalue weighted by molar-refractivity contribution is 0.110. The molecule has 0 aromatic carbocycles. The van der Waals surface area contributed by atoms with Gasteiger partial charge in [0.15, 0.2) is 0 Å². The van der Waals surface area contributed by atoms with Gasteiger partial charge in [0.25, 0.3) is 0 Å². The third-order valence-corrected chi connectivity index (χ3v) is 4.08. The minimum Gasteiger partial charge on any atom is -0.383 e. The van der Waals surface area contributed by atoms with Gasteiger partial charge in [0, 0.05) is 32.3 Å². The van der Waals surface area contributed by atoms with Gasteiger partial charge in [0.05, 0.1) is 6.61 Å². The van der Waals surface area contributed by atoms with E-state index in [1.807, 2.05) is 0 Å². The quantitative estimate of drug-likeness (QED) is 0.712. The number of hydrogen-bond acceptors (Lipinski definition) is 3. The van der Waals surface area contributed by atoms with E-state index < -0.39 is 0 Å². The number of nitrogens with one attached hydrogen (secondary N) is 1. The lowest BCUT2D eigenvalue weighted by Gasteiger charge is -2.31. The molecule has 2 atom stereocenters. The number of ether oxygens (including phenoxy) is 1. The molecule has 0 amide bonds. The maximum absolute atomic E-state index is 5.23. The highest BCUT2D eigenvalue weighted by atomic mass is 16.5. The molecule has 1 aliphatic heterocycles. The Balaban J connectivity index is 1.79. The molecular formula is C13H26N2O. The average molecular weight is 226 g/mol. The molecule has 94 valence electrons. The van der Waals surface area contributed by atoms with E-state index in [0.717, 1.165) is 31.2 Å². The molecule has 16 heavy (non-hydrogen) atoms. The highest BCUT2D eigenvalue weighted by Gasteiger charge is 2.32. The Morgan fingerprint density at radius 2 is 2.19 bits per heavy atom. The minimum absolute atomic E-state index is 0.720. The van der Waals surface area contributed by atoms with Crippen LogP contribution >= 0.6 is 0 Å². The first-order valence-electron chi connectivity index (χ1n) is 6.77. The predicted octanol–water partition coefficient (Wildman–Crippen LogP) is 1.49. The second kappa shape index (κ2) is 5.99. The van der Waals surface area contributed by atoms with E-state index in [1.165, 1.54) is 38.8 Å². The lowest BCUT2D eigenvalue weighted by atomic mass is 10.1. The summed E-state index contributed by atoms with van der Waals surface area (Å²) in [5.74, 6) is 0.957. The fourth-order valence-electron chi connectivity index (χ4n) is 2.74. The largest absolute Gasteiger partial charge is 0.383 e. The van der Waals surface area contributed by atoms with Crippen LogP contribution in [0.4, 0.5) is 0 Å². The molecule has 3 nitrogen and oxygen atoms in total. The zero-order valence-corrected chi connectivity index (χ0v) is 10.7. The standard InChI is InChI=1S/C13H26N2O/c1-11(12-5-6-12)15(8-9-16-2)10-13-4-3-7-14-13/h11-14H,3-10H2,1-2H3/t11?,13-/m1/s1. The van der Waals surface area contributed by atoms with Crippen LogP contribution in [0.2, 0.25) is 0 Å². The molecule has 1 unspecified atom stereocenters. The van der Waals surface area contributed by atoms with Crippen molar-refractivity contribution in [2.75, 3.05) is 33.4 Å². The molecule has 2 rings (SSSR count). The summed E-state index contributed by atoms with van der Waals surface area (Å²) in [7, 11) is 1.80. The molecule has 0 aromatic rings. The van der Waals surface area contributed by atoms with Crippen molar-refractivity contribution in [3.05, 3.63) is 0 Å². The third-order valence-electron chi connectivity index (χ3n) is 4.08. The first-order chi connectivity index (χ1) is 7.81. The van der Waals surface area contributed by atoms with Crippen molar-refractivity contribution in [3.63, 3.8) is 0 Å². The van der Waals surface area contributed by atoms with Crippen molar-refractivity contribution < 1.29 is 4.74 Å². The minimum atomic E-state index is 0.720. The molecule has 1 aliphatic carbocycles. The van der Waals surface area contributed by atoms with E-state index in [2.05, 4.69) is 17.1 Å². The summed E-state index contributed by atoms with van der Waals surface area (Å²) < 4.78 is 5.23. The Kier molecular flexibility index (Phi) is 4.62. The molecule has 2 aliphatic rings. The molecule has 1 N–H and O–H groups in total. The topological polar surface area (TPSA) is 24.5 Å². The van der Waals surface area contributed by atoms with Crippen molar-refractivity contribution in [1.82, 2.24) is 10.2 Å². The summed E-state index contributed by atoms with van der Waals surface area (Å²) in [6, 6.07) is 1.47. The number of rotatable bonds is 7. The van der Waals surface area contributed by atoms with Crippen LogP contribution in [0, 0.1) is 5.92 Å². The van der Waals surface area contributed by atoms with Crippen LogP contribution in [0.3, 0.4) is 0 Å². The number of methoxy groups -OCH3 is 1. The van der Waals surface area contributed by atoms with Gasteiger partial charge < -0.3 is 10.1 Å². The first-order valence-corrected chi connectivity index (χ1v) is 6.77. The Labute approximate surface area is 99.5 Å². The van der Waals surface area contributed by atoms with Gasteiger partial charge >= 0.3 is 0 Å². The van der Waals surface area contributed by atoms with E-state index in [4.69, 9.17) is 4.74 Å². The molecule has 2 fully saturated rings. The monoisotopic (exact) mass is 226 g/mol. The Morgan fingerprint density at radius 1 is 1.38 bits per heavy atom. The van der Waals surface area contributed by atoms with Crippen molar-refractivity contribution in [1.29, 1.82) is 0 Å². The summed E-state index contributed by atoms with van der Waals surface area (Å²) in [5.41, 5.74) is 0.